The van der Waals surface area contributed by atoms with Gasteiger partial charge in [0.05, 0.1) is 35.0 Å². The molecule has 0 spiro atoms. The maximum atomic E-state index is 11.5. The molecule has 0 saturated heterocycles. The number of thiazole rings is 1. The summed E-state index contributed by atoms with van der Waals surface area (Å²) >= 11 is 13.3. The molecule has 30 heavy (non-hydrogen) atoms. The van der Waals surface area contributed by atoms with Crippen molar-refractivity contribution in [3.05, 3.63) is 74.7 Å². The van der Waals surface area contributed by atoms with E-state index in [1.807, 2.05) is 30.3 Å². The van der Waals surface area contributed by atoms with Gasteiger partial charge in [0.25, 0.3) is 0 Å². The predicted molar refractivity (Wildman–Crippen MR) is 121 cm³/mol. The summed E-state index contributed by atoms with van der Waals surface area (Å²) in [4.78, 5) is 15.8. The highest BCUT2D eigenvalue weighted by Crippen LogP contribution is 2.23. The van der Waals surface area contributed by atoms with Crippen molar-refractivity contribution in [1.82, 2.24) is 4.98 Å². The number of anilines is 1. The van der Waals surface area contributed by atoms with E-state index in [1.165, 1.54) is 11.3 Å². The van der Waals surface area contributed by atoms with E-state index in [4.69, 9.17) is 32.7 Å². The molecule has 0 bridgehead atoms. The van der Waals surface area contributed by atoms with Crippen molar-refractivity contribution in [2.24, 2.45) is 5.10 Å². The van der Waals surface area contributed by atoms with Crippen molar-refractivity contribution in [2.45, 2.75) is 20.0 Å². The maximum Gasteiger partial charge on any atom is 0.311 e. The Bertz CT molecular complexity index is 1040. The van der Waals surface area contributed by atoms with E-state index in [9.17, 15) is 4.79 Å². The molecule has 0 aliphatic carbocycles. The van der Waals surface area contributed by atoms with Crippen LogP contribution < -0.4 is 10.2 Å². The molecule has 0 saturated carbocycles. The van der Waals surface area contributed by atoms with Crippen LogP contribution in [0.3, 0.4) is 0 Å². The molecule has 6 nitrogen and oxygen atoms in total. The van der Waals surface area contributed by atoms with E-state index < -0.39 is 0 Å². The van der Waals surface area contributed by atoms with Gasteiger partial charge >= 0.3 is 5.97 Å². The largest absolute Gasteiger partial charge is 0.489 e. The normalized spacial score (nSPS) is 10.9. The van der Waals surface area contributed by atoms with Gasteiger partial charge in [-0.3, -0.25) is 10.2 Å². The molecule has 0 fully saturated rings. The highest BCUT2D eigenvalue weighted by atomic mass is 35.5. The molecule has 0 amide bonds. The fraction of sp³-hybridized carbons (Fsp3) is 0.190. The highest BCUT2D eigenvalue weighted by Gasteiger charge is 2.08. The highest BCUT2D eigenvalue weighted by molar-refractivity contribution is 7.13. The molecule has 9 heteroatoms. The Balaban J connectivity index is 1.53. The summed E-state index contributed by atoms with van der Waals surface area (Å²) < 4.78 is 10.7. The molecule has 3 rings (SSSR count). The minimum absolute atomic E-state index is 0.147. The molecule has 156 valence electrons. The van der Waals surface area contributed by atoms with Crippen molar-refractivity contribution in [2.75, 3.05) is 12.0 Å². The number of benzene rings is 2. The van der Waals surface area contributed by atoms with Crippen molar-refractivity contribution in [1.29, 1.82) is 0 Å². The number of nitrogens with one attached hydrogen (secondary N) is 1. The van der Waals surface area contributed by atoms with Crippen molar-refractivity contribution in [3.8, 4) is 5.75 Å². The van der Waals surface area contributed by atoms with Gasteiger partial charge in [0.2, 0.25) is 5.13 Å². The van der Waals surface area contributed by atoms with Gasteiger partial charge in [0.15, 0.2) is 0 Å². The van der Waals surface area contributed by atoms with Crippen LogP contribution in [-0.2, 0) is 22.6 Å². The summed E-state index contributed by atoms with van der Waals surface area (Å²) in [6.45, 7) is 2.50. The molecule has 1 N–H and O–H groups in total. The van der Waals surface area contributed by atoms with Crippen molar-refractivity contribution in [3.63, 3.8) is 0 Å². The Hall–Kier alpha value is -2.61. The standard InChI is InChI=1S/C21H19Cl2N3O3S/c1-2-28-20(27)10-16-13-30-21(25-16)26-24-11-14-4-3-5-17(8-14)29-12-15-6-7-18(22)19(23)9-15/h3-9,11,13H,2,10,12H2,1H3,(H,25,26). The topological polar surface area (TPSA) is 72.8 Å². The fourth-order valence-corrected chi connectivity index (χ4v) is 3.42. The van der Waals surface area contributed by atoms with Crippen LogP contribution in [0, 0.1) is 0 Å². The van der Waals surface area contributed by atoms with E-state index in [0.29, 0.717) is 39.8 Å². The Kier molecular flexibility index (Phi) is 8.07. The van der Waals surface area contributed by atoms with Crippen molar-refractivity contribution >= 4 is 51.9 Å². The minimum Gasteiger partial charge on any atom is -0.489 e. The van der Waals surface area contributed by atoms with E-state index in [1.54, 1.807) is 30.7 Å². The van der Waals surface area contributed by atoms with E-state index in [2.05, 4.69) is 15.5 Å². The molecule has 3 aromatic rings. The zero-order chi connectivity index (χ0) is 21.3. The molecule has 0 radical (unpaired) electrons. The van der Waals surface area contributed by atoms with Crippen LogP contribution in [0.5, 0.6) is 5.75 Å². The van der Waals surface area contributed by atoms with Gasteiger partial charge in [-0.05, 0) is 42.3 Å². The van der Waals surface area contributed by atoms with Crippen LogP contribution >= 0.6 is 34.5 Å². The van der Waals surface area contributed by atoms with Crippen LogP contribution in [0.4, 0.5) is 5.13 Å². The number of hydrogen-bond acceptors (Lipinski definition) is 7. The van der Waals surface area contributed by atoms with E-state index in [0.717, 1.165) is 11.1 Å². The van der Waals surface area contributed by atoms with Gasteiger partial charge in [-0.2, -0.15) is 5.10 Å². The Labute approximate surface area is 188 Å². The lowest BCUT2D eigenvalue weighted by Gasteiger charge is -2.07. The number of rotatable bonds is 9. The van der Waals surface area contributed by atoms with Gasteiger partial charge in [-0.15, -0.1) is 11.3 Å². The predicted octanol–water partition coefficient (Wildman–Crippen LogP) is 5.58. The number of carbonyl (C=O) groups excluding carboxylic acids is 1. The van der Waals surface area contributed by atoms with Crippen molar-refractivity contribution < 1.29 is 14.3 Å². The second kappa shape index (κ2) is 11.0. The minimum atomic E-state index is -0.296. The summed E-state index contributed by atoms with van der Waals surface area (Å²) in [5.74, 6) is 0.409. The number of aromatic nitrogens is 1. The number of ether oxygens (including phenoxy) is 2. The number of halogens is 2. The van der Waals surface area contributed by atoms with Gasteiger partial charge in [-0.1, -0.05) is 41.4 Å². The number of esters is 1. The van der Waals surface area contributed by atoms with Gasteiger partial charge in [-0.25, -0.2) is 4.98 Å². The van der Waals surface area contributed by atoms with Crippen LogP contribution in [0.15, 0.2) is 52.9 Å². The smallest absolute Gasteiger partial charge is 0.311 e. The first-order chi connectivity index (χ1) is 14.5. The number of hydrogen-bond donors (Lipinski definition) is 1. The molecular formula is C21H19Cl2N3O3S. The quantitative estimate of drug-likeness (QED) is 0.254. The van der Waals surface area contributed by atoms with Gasteiger partial charge < -0.3 is 9.47 Å². The molecule has 2 aromatic carbocycles. The number of carbonyl (C=O) groups is 1. The average molecular weight is 464 g/mol. The third kappa shape index (κ3) is 6.73. The zero-order valence-corrected chi connectivity index (χ0v) is 18.4. The first-order valence-electron chi connectivity index (χ1n) is 9.09. The Morgan fingerprint density at radius 1 is 1.23 bits per heavy atom. The first kappa shape index (κ1) is 22.1. The monoisotopic (exact) mass is 463 g/mol. The van der Waals surface area contributed by atoms with Crippen LogP contribution in [-0.4, -0.2) is 23.8 Å². The van der Waals surface area contributed by atoms with Crippen LogP contribution in [0.2, 0.25) is 10.0 Å². The van der Waals surface area contributed by atoms with Crippen LogP contribution in [0.1, 0.15) is 23.7 Å². The summed E-state index contributed by atoms with van der Waals surface area (Å²) in [6.07, 6.45) is 1.81. The summed E-state index contributed by atoms with van der Waals surface area (Å²) in [6, 6.07) is 12.9. The van der Waals surface area contributed by atoms with Gasteiger partial charge in [0, 0.05) is 5.38 Å². The average Bonchev–Trinajstić information content (AvgIpc) is 3.16. The SMILES string of the molecule is CCOC(=O)Cc1csc(NN=Cc2cccc(OCc3ccc(Cl)c(Cl)c3)c2)n1. The van der Waals surface area contributed by atoms with Crippen LogP contribution in [0.25, 0.3) is 0 Å². The molecular weight excluding hydrogens is 445 g/mol. The lowest BCUT2D eigenvalue weighted by molar-refractivity contribution is -0.142. The molecule has 0 aliphatic rings. The van der Waals surface area contributed by atoms with E-state index in [-0.39, 0.29) is 12.4 Å². The molecule has 0 aliphatic heterocycles. The second-order valence-electron chi connectivity index (χ2n) is 6.11. The molecule has 0 atom stereocenters. The lowest BCUT2D eigenvalue weighted by atomic mass is 10.2. The Morgan fingerprint density at radius 3 is 2.90 bits per heavy atom. The summed E-state index contributed by atoms with van der Waals surface area (Å²) in [5.41, 5.74) is 5.29. The summed E-state index contributed by atoms with van der Waals surface area (Å²) in [7, 11) is 0. The fourth-order valence-electron chi connectivity index (χ4n) is 2.44. The third-order valence-corrected chi connectivity index (χ3v) is 5.34. The zero-order valence-electron chi connectivity index (χ0n) is 16.1. The number of hydrazone groups is 1. The first-order valence-corrected chi connectivity index (χ1v) is 10.7. The van der Waals surface area contributed by atoms with E-state index >= 15 is 0 Å². The maximum absolute atomic E-state index is 11.5. The number of nitrogens with zero attached hydrogens (tertiary/aromatic N) is 2. The molecule has 1 heterocycles. The second-order valence-corrected chi connectivity index (χ2v) is 7.78. The third-order valence-electron chi connectivity index (χ3n) is 3.80. The summed E-state index contributed by atoms with van der Waals surface area (Å²) in [5, 5.41) is 7.59. The van der Waals surface area contributed by atoms with Gasteiger partial charge in [0.1, 0.15) is 12.4 Å². The molecule has 1 aromatic heterocycles. The Morgan fingerprint density at radius 2 is 2.10 bits per heavy atom. The molecule has 0 unspecified atom stereocenters. The lowest BCUT2D eigenvalue weighted by Crippen LogP contribution is -2.07.